The molecular weight excluding hydrogens is 314 g/mol. The zero-order valence-electron chi connectivity index (χ0n) is 14.9. The Labute approximate surface area is 155 Å². The minimum Gasteiger partial charge on any atom is -0.291 e. The Bertz CT molecular complexity index is 914. The average Bonchev–Trinajstić information content (AvgIpc) is 2.70. The molecule has 128 valence electrons. The van der Waals surface area contributed by atoms with Gasteiger partial charge in [0.25, 0.3) is 0 Å². The summed E-state index contributed by atoms with van der Waals surface area (Å²) in [6.07, 6.45) is 0. The molecule has 0 heterocycles. The fourth-order valence-corrected chi connectivity index (χ4v) is 3.52. The lowest BCUT2D eigenvalue weighted by atomic mass is 10.0. The van der Waals surface area contributed by atoms with Crippen LogP contribution in [-0.4, -0.2) is 4.90 Å². The second-order valence-electron chi connectivity index (χ2n) is 6.75. The Morgan fingerprint density at radius 1 is 0.462 bits per heavy atom. The molecule has 4 rings (SSSR count). The van der Waals surface area contributed by atoms with Gasteiger partial charge in [-0.2, -0.15) is 0 Å². The molecule has 0 aliphatic carbocycles. The topological polar surface area (TPSA) is 3.24 Å². The molecule has 0 fully saturated rings. The molecule has 0 N–H and O–H groups in total. The van der Waals surface area contributed by atoms with Crippen molar-refractivity contribution < 1.29 is 0 Å². The van der Waals surface area contributed by atoms with E-state index in [4.69, 9.17) is 0 Å². The first-order valence-corrected chi connectivity index (χ1v) is 9.15. The van der Waals surface area contributed by atoms with E-state index in [9.17, 15) is 0 Å². The lowest BCUT2D eigenvalue weighted by Crippen LogP contribution is -2.22. The van der Waals surface area contributed by atoms with Crippen LogP contribution < -0.4 is 0 Å². The maximum Gasteiger partial charge on any atom is 0.0246 e. The molecular formula is C25H23N. The maximum absolute atomic E-state index is 2.52. The first kappa shape index (κ1) is 16.6. The maximum atomic E-state index is 2.52. The highest BCUT2D eigenvalue weighted by atomic mass is 15.1. The summed E-state index contributed by atoms with van der Waals surface area (Å²) in [6, 6.07) is 36.7. The minimum atomic E-state index is 0.936. The van der Waals surface area contributed by atoms with Crippen molar-refractivity contribution in [3.63, 3.8) is 0 Å². The van der Waals surface area contributed by atoms with Crippen molar-refractivity contribution in [2.45, 2.75) is 19.6 Å². The molecule has 0 spiro atoms. The van der Waals surface area contributed by atoms with Crippen LogP contribution in [-0.2, 0) is 19.6 Å². The van der Waals surface area contributed by atoms with Crippen molar-refractivity contribution in [1.29, 1.82) is 0 Å². The van der Waals surface area contributed by atoms with Gasteiger partial charge in [0.15, 0.2) is 0 Å². The van der Waals surface area contributed by atoms with Crippen molar-refractivity contribution in [3.05, 3.63) is 120 Å². The van der Waals surface area contributed by atoms with Crippen LogP contribution in [0, 0.1) is 0 Å². The normalized spacial score (nSPS) is 11.1. The quantitative estimate of drug-likeness (QED) is 0.414. The van der Waals surface area contributed by atoms with Gasteiger partial charge in [0.1, 0.15) is 0 Å². The third-order valence-corrected chi connectivity index (χ3v) is 4.77. The van der Waals surface area contributed by atoms with Gasteiger partial charge in [-0.05, 0) is 27.5 Å². The van der Waals surface area contributed by atoms with E-state index in [-0.39, 0.29) is 0 Å². The second kappa shape index (κ2) is 7.99. The Morgan fingerprint density at radius 2 is 1.00 bits per heavy atom. The average molecular weight is 337 g/mol. The van der Waals surface area contributed by atoms with Gasteiger partial charge >= 0.3 is 0 Å². The molecule has 0 amide bonds. The van der Waals surface area contributed by atoms with Crippen LogP contribution in [0.15, 0.2) is 103 Å². The fraction of sp³-hybridized carbons (Fsp3) is 0.120. The van der Waals surface area contributed by atoms with E-state index in [1.54, 1.807) is 0 Å². The Kier molecular flexibility index (Phi) is 5.09. The minimum absolute atomic E-state index is 0.936. The predicted octanol–water partition coefficient (Wildman–Crippen LogP) is 6.04. The monoisotopic (exact) mass is 337 g/mol. The third-order valence-electron chi connectivity index (χ3n) is 4.77. The summed E-state index contributed by atoms with van der Waals surface area (Å²) in [6.45, 7) is 2.82. The Morgan fingerprint density at radius 3 is 1.65 bits per heavy atom. The number of hydrogen-bond acceptors (Lipinski definition) is 1. The fourth-order valence-electron chi connectivity index (χ4n) is 3.52. The third kappa shape index (κ3) is 4.01. The van der Waals surface area contributed by atoms with E-state index in [0.29, 0.717) is 0 Å². The van der Waals surface area contributed by atoms with Crippen molar-refractivity contribution in [3.8, 4) is 0 Å². The zero-order valence-corrected chi connectivity index (χ0v) is 14.9. The number of benzene rings is 4. The molecule has 0 bridgehead atoms. The van der Waals surface area contributed by atoms with Gasteiger partial charge in [-0.3, -0.25) is 4.90 Å². The van der Waals surface area contributed by atoms with Crippen LogP contribution in [0.4, 0.5) is 0 Å². The molecule has 0 aliphatic rings. The molecule has 26 heavy (non-hydrogen) atoms. The number of rotatable bonds is 6. The molecule has 0 atom stereocenters. The van der Waals surface area contributed by atoms with E-state index < -0.39 is 0 Å². The van der Waals surface area contributed by atoms with E-state index in [1.807, 2.05) is 0 Å². The van der Waals surface area contributed by atoms with Gasteiger partial charge in [0, 0.05) is 19.6 Å². The van der Waals surface area contributed by atoms with Gasteiger partial charge in [-0.25, -0.2) is 0 Å². The molecule has 0 saturated heterocycles. The largest absolute Gasteiger partial charge is 0.291 e. The number of nitrogens with zero attached hydrogens (tertiary/aromatic N) is 1. The standard InChI is InChI=1S/C25H23N/c1-3-10-21(11-4-1)18-26(19-22-12-5-2-6-13-22)20-24-16-9-15-23-14-7-8-17-25(23)24/h1-17H,18-20H2. The number of fused-ring (bicyclic) bond motifs is 1. The molecule has 1 heteroatoms. The second-order valence-corrected chi connectivity index (χ2v) is 6.75. The molecule has 0 unspecified atom stereocenters. The van der Waals surface area contributed by atoms with Crippen molar-refractivity contribution in [2.75, 3.05) is 0 Å². The van der Waals surface area contributed by atoms with Crippen LogP contribution in [0.2, 0.25) is 0 Å². The summed E-state index contributed by atoms with van der Waals surface area (Å²) in [5, 5.41) is 2.66. The summed E-state index contributed by atoms with van der Waals surface area (Å²) in [5.41, 5.74) is 4.09. The van der Waals surface area contributed by atoms with Crippen LogP contribution in [0.3, 0.4) is 0 Å². The highest BCUT2D eigenvalue weighted by molar-refractivity contribution is 5.85. The van der Waals surface area contributed by atoms with Crippen LogP contribution in [0.25, 0.3) is 10.8 Å². The zero-order chi connectivity index (χ0) is 17.6. The van der Waals surface area contributed by atoms with E-state index in [1.165, 1.54) is 27.5 Å². The molecule has 0 aromatic heterocycles. The van der Waals surface area contributed by atoms with Gasteiger partial charge in [0.05, 0.1) is 0 Å². The summed E-state index contributed by atoms with van der Waals surface area (Å²) in [5.74, 6) is 0. The van der Waals surface area contributed by atoms with Crippen LogP contribution >= 0.6 is 0 Å². The van der Waals surface area contributed by atoms with E-state index in [0.717, 1.165) is 19.6 Å². The van der Waals surface area contributed by atoms with Crippen molar-refractivity contribution in [2.24, 2.45) is 0 Å². The molecule has 4 aromatic carbocycles. The molecule has 0 radical (unpaired) electrons. The number of hydrogen-bond donors (Lipinski definition) is 0. The molecule has 4 aromatic rings. The van der Waals surface area contributed by atoms with Gasteiger partial charge in [-0.1, -0.05) is 103 Å². The first-order valence-electron chi connectivity index (χ1n) is 9.15. The summed E-state index contributed by atoms with van der Waals surface area (Å²) in [7, 11) is 0. The van der Waals surface area contributed by atoms with Crippen LogP contribution in [0.5, 0.6) is 0 Å². The lowest BCUT2D eigenvalue weighted by molar-refractivity contribution is 0.248. The Balaban J connectivity index is 1.63. The van der Waals surface area contributed by atoms with Crippen LogP contribution in [0.1, 0.15) is 16.7 Å². The van der Waals surface area contributed by atoms with Gasteiger partial charge in [0.2, 0.25) is 0 Å². The van der Waals surface area contributed by atoms with Crippen molar-refractivity contribution >= 4 is 10.8 Å². The highest BCUT2D eigenvalue weighted by Gasteiger charge is 2.10. The highest BCUT2D eigenvalue weighted by Crippen LogP contribution is 2.22. The Hall–Kier alpha value is -2.90. The first-order chi connectivity index (χ1) is 12.9. The SMILES string of the molecule is c1ccc(CN(Cc2ccccc2)Cc2cccc3ccccc23)cc1. The summed E-state index contributed by atoms with van der Waals surface area (Å²) in [4.78, 5) is 2.52. The van der Waals surface area contributed by atoms with Gasteiger partial charge in [-0.15, -0.1) is 0 Å². The lowest BCUT2D eigenvalue weighted by Gasteiger charge is -2.23. The molecule has 0 aliphatic heterocycles. The smallest absolute Gasteiger partial charge is 0.0246 e. The van der Waals surface area contributed by atoms with Gasteiger partial charge < -0.3 is 0 Å². The van der Waals surface area contributed by atoms with Crippen molar-refractivity contribution in [1.82, 2.24) is 4.90 Å². The summed E-state index contributed by atoms with van der Waals surface area (Å²) < 4.78 is 0. The molecule has 1 nitrogen and oxygen atoms in total. The summed E-state index contributed by atoms with van der Waals surface area (Å²) >= 11 is 0. The molecule has 0 saturated carbocycles. The van der Waals surface area contributed by atoms with E-state index >= 15 is 0 Å². The predicted molar refractivity (Wildman–Crippen MR) is 110 cm³/mol. The van der Waals surface area contributed by atoms with E-state index in [2.05, 4.69) is 108 Å².